The summed E-state index contributed by atoms with van der Waals surface area (Å²) in [5.41, 5.74) is 1.21. The lowest BCUT2D eigenvalue weighted by molar-refractivity contribution is -0.384. The van der Waals surface area contributed by atoms with Crippen molar-refractivity contribution in [2.75, 3.05) is 11.9 Å². The molecule has 0 N–H and O–H groups in total. The first-order chi connectivity index (χ1) is 9.08. The van der Waals surface area contributed by atoms with Crippen molar-refractivity contribution in [1.82, 2.24) is 0 Å². The van der Waals surface area contributed by atoms with E-state index in [-0.39, 0.29) is 5.69 Å². The van der Waals surface area contributed by atoms with E-state index in [1.165, 1.54) is 12.1 Å². The normalized spacial score (nSPS) is 10.2. The van der Waals surface area contributed by atoms with Gasteiger partial charge in [-0.2, -0.15) is 0 Å². The fourth-order valence-corrected chi connectivity index (χ4v) is 1.91. The van der Waals surface area contributed by atoms with Crippen molar-refractivity contribution in [3.63, 3.8) is 0 Å². The first-order valence-electron chi connectivity index (χ1n) is 5.77. The molecule has 2 rings (SSSR count). The average Bonchev–Trinajstić information content (AvgIpc) is 2.39. The third kappa shape index (κ3) is 3.07. The van der Waals surface area contributed by atoms with Crippen molar-refractivity contribution >= 4 is 11.4 Å². The molecule has 19 heavy (non-hydrogen) atoms. The summed E-state index contributed by atoms with van der Waals surface area (Å²) in [6.07, 6.45) is 0. The van der Waals surface area contributed by atoms with Gasteiger partial charge in [-0.1, -0.05) is 30.3 Å². The maximum Gasteiger partial charge on any atom is 0.295 e. The fraction of sp³-hybridized carbons (Fsp3) is 0.143. The highest BCUT2D eigenvalue weighted by Crippen LogP contribution is 2.28. The number of halogens is 1. The van der Waals surface area contributed by atoms with E-state index in [0.717, 1.165) is 11.6 Å². The number of nitro groups is 1. The Balaban J connectivity index is 2.28. The van der Waals surface area contributed by atoms with Crippen LogP contribution in [0.25, 0.3) is 0 Å². The Labute approximate surface area is 110 Å². The van der Waals surface area contributed by atoms with Crippen LogP contribution in [0.2, 0.25) is 0 Å². The Kier molecular flexibility index (Phi) is 3.75. The second-order valence-electron chi connectivity index (χ2n) is 4.23. The summed E-state index contributed by atoms with van der Waals surface area (Å²) in [6.45, 7) is 0.521. The standard InChI is InChI=1S/C14H13FN2O2/c1-16(10-11-5-3-2-4-6-11)13-8-7-12(15)9-14(13)17(18)19/h2-9H,10H2,1H3. The van der Waals surface area contributed by atoms with Gasteiger partial charge >= 0.3 is 0 Å². The number of hydrogen-bond acceptors (Lipinski definition) is 3. The average molecular weight is 260 g/mol. The minimum absolute atomic E-state index is 0.224. The molecular formula is C14H13FN2O2. The van der Waals surface area contributed by atoms with Gasteiger partial charge in [0.1, 0.15) is 11.5 Å². The van der Waals surface area contributed by atoms with Gasteiger partial charge in [-0.25, -0.2) is 4.39 Å². The molecule has 0 aromatic heterocycles. The summed E-state index contributed by atoms with van der Waals surface area (Å²) in [7, 11) is 1.74. The Bertz CT molecular complexity index is 587. The molecule has 5 heteroatoms. The number of rotatable bonds is 4. The molecule has 98 valence electrons. The number of nitro benzene ring substituents is 1. The zero-order valence-electron chi connectivity index (χ0n) is 10.4. The van der Waals surface area contributed by atoms with E-state index in [1.54, 1.807) is 11.9 Å². The van der Waals surface area contributed by atoms with E-state index >= 15 is 0 Å². The van der Waals surface area contributed by atoms with Crippen LogP contribution >= 0.6 is 0 Å². The number of nitrogens with zero attached hydrogens (tertiary/aromatic N) is 2. The van der Waals surface area contributed by atoms with Crippen LogP contribution in [0.3, 0.4) is 0 Å². The highest BCUT2D eigenvalue weighted by Gasteiger charge is 2.18. The van der Waals surface area contributed by atoms with Crippen molar-refractivity contribution in [2.45, 2.75) is 6.54 Å². The summed E-state index contributed by atoms with van der Waals surface area (Å²) >= 11 is 0. The molecule has 0 heterocycles. The molecule has 2 aromatic rings. The molecule has 2 aromatic carbocycles. The monoisotopic (exact) mass is 260 g/mol. The predicted molar refractivity (Wildman–Crippen MR) is 71.6 cm³/mol. The zero-order chi connectivity index (χ0) is 13.8. The van der Waals surface area contributed by atoms with Gasteiger partial charge < -0.3 is 4.90 Å². The van der Waals surface area contributed by atoms with Crippen molar-refractivity contribution in [2.24, 2.45) is 0 Å². The van der Waals surface area contributed by atoms with Gasteiger partial charge in [0.15, 0.2) is 0 Å². The largest absolute Gasteiger partial charge is 0.365 e. The predicted octanol–water partition coefficient (Wildman–Crippen LogP) is 3.37. The molecule has 0 aliphatic heterocycles. The van der Waals surface area contributed by atoms with E-state index in [0.29, 0.717) is 12.2 Å². The molecule has 0 saturated carbocycles. The van der Waals surface area contributed by atoms with Crippen LogP contribution in [-0.2, 0) is 6.54 Å². The third-order valence-electron chi connectivity index (χ3n) is 2.81. The first kappa shape index (κ1) is 13.0. The lowest BCUT2D eigenvalue weighted by Gasteiger charge is -2.19. The van der Waals surface area contributed by atoms with E-state index in [2.05, 4.69) is 0 Å². The summed E-state index contributed by atoms with van der Waals surface area (Å²) in [5.74, 6) is -0.608. The van der Waals surface area contributed by atoms with E-state index < -0.39 is 10.7 Å². The minimum Gasteiger partial charge on any atom is -0.365 e. The highest BCUT2D eigenvalue weighted by atomic mass is 19.1. The molecule has 0 aliphatic carbocycles. The van der Waals surface area contributed by atoms with Crippen molar-refractivity contribution in [3.05, 3.63) is 70.0 Å². The van der Waals surface area contributed by atoms with Crippen LogP contribution in [0, 0.1) is 15.9 Å². The molecule has 0 atom stereocenters. The second kappa shape index (κ2) is 5.48. The second-order valence-corrected chi connectivity index (χ2v) is 4.23. The molecule has 4 nitrogen and oxygen atoms in total. The summed E-state index contributed by atoms with van der Waals surface area (Å²) in [5, 5.41) is 10.9. The fourth-order valence-electron chi connectivity index (χ4n) is 1.91. The molecular weight excluding hydrogens is 247 g/mol. The highest BCUT2D eigenvalue weighted by molar-refractivity contribution is 5.63. The van der Waals surface area contributed by atoms with Crippen LogP contribution < -0.4 is 4.90 Å². The van der Waals surface area contributed by atoms with E-state index in [1.807, 2.05) is 30.3 Å². The van der Waals surface area contributed by atoms with Crippen LogP contribution in [-0.4, -0.2) is 12.0 Å². The maximum atomic E-state index is 13.1. The lowest BCUT2D eigenvalue weighted by Crippen LogP contribution is -2.17. The van der Waals surface area contributed by atoms with E-state index in [4.69, 9.17) is 0 Å². The molecule has 0 bridgehead atoms. The molecule has 0 unspecified atom stereocenters. The third-order valence-corrected chi connectivity index (χ3v) is 2.81. The van der Waals surface area contributed by atoms with Gasteiger partial charge in [-0.3, -0.25) is 10.1 Å². The van der Waals surface area contributed by atoms with Gasteiger partial charge in [-0.15, -0.1) is 0 Å². The Morgan fingerprint density at radius 3 is 2.53 bits per heavy atom. The van der Waals surface area contributed by atoms with Gasteiger partial charge in [0.05, 0.1) is 11.0 Å². The molecule has 0 spiro atoms. The maximum absolute atomic E-state index is 13.1. The molecule has 0 radical (unpaired) electrons. The molecule has 0 fully saturated rings. The lowest BCUT2D eigenvalue weighted by atomic mass is 10.2. The van der Waals surface area contributed by atoms with Crippen molar-refractivity contribution < 1.29 is 9.31 Å². The van der Waals surface area contributed by atoms with Crippen molar-refractivity contribution in [1.29, 1.82) is 0 Å². The van der Waals surface area contributed by atoms with Gasteiger partial charge in [0.2, 0.25) is 0 Å². The van der Waals surface area contributed by atoms with Crippen LogP contribution in [0.4, 0.5) is 15.8 Å². The molecule has 0 amide bonds. The molecule has 0 saturated heterocycles. The number of benzene rings is 2. The van der Waals surface area contributed by atoms with Crippen LogP contribution in [0.15, 0.2) is 48.5 Å². The number of anilines is 1. The van der Waals surface area contributed by atoms with Crippen LogP contribution in [0.5, 0.6) is 0 Å². The van der Waals surface area contributed by atoms with Gasteiger partial charge in [-0.05, 0) is 17.7 Å². The Morgan fingerprint density at radius 1 is 1.21 bits per heavy atom. The van der Waals surface area contributed by atoms with Crippen LogP contribution in [0.1, 0.15) is 5.56 Å². The zero-order valence-corrected chi connectivity index (χ0v) is 10.4. The first-order valence-corrected chi connectivity index (χ1v) is 5.77. The summed E-state index contributed by atoms with van der Waals surface area (Å²) < 4.78 is 13.1. The summed E-state index contributed by atoms with van der Waals surface area (Å²) in [4.78, 5) is 12.1. The Hall–Kier alpha value is -2.43. The van der Waals surface area contributed by atoms with Gasteiger partial charge in [0, 0.05) is 13.6 Å². The van der Waals surface area contributed by atoms with Crippen molar-refractivity contribution in [3.8, 4) is 0 Å². The molecule has 0 aliphatic rings. The minimum atomic E-state index is -0.608. The quantitative estimate of drug-likeness (QED) is 0.625. The van der Waals surface area contributed by atoms with E-state index in [9.17, 15) is 14.5 Å². The topological polar surface area (TPSA) is 46.4 Å². The number of hydrogen-bond donors (Lipinski definition) is 0. The smallest absolute Gasteiger partial charge is 0.295 e. The summed E-state index contributed by atoms with van der Waals surface area (Å²) in [6, 6.07) is 13.2. The SMILES string of the molecule is CN(Cc1ccccc1)c1ccc(F)cc1[N+](=O)[O-]. The Morgan fingerprint density at radius 2 is 1.89 bits per heavy atom. The van der Waals surface area contributed by atoms with Gasteiger partial charge in [0.25, 0.3) is 5.69 Å².